The van der Waals surface area contributed by atoms with Crippen molar-refractivity contribution < 1.29 is 24.2 Å². The Morgan fingerprint density at radius 3 is 2.38 bits per heavy atom. The average Bonchev–Trinajstić information content (AvgIpc) is 2.41. The van der Waals surface area contributed by atoms with E-state index in [0.29, 0.717) is 24.3 Å². The SMILES string of the molecule is CC1Oc2ccccc2OC1C(=O)NC1(C(=O)O)CCC1. The minimum Gasteiger partial charge on any atom is -0.482 e. The summed E-state index contributed by atoms with van der Waals surface area (Å²) in [6.45, 7) is 1.73. The Balaban J connectivity index is 1.75. The summed E-state index contributed by atoms with van der Waals surface area (Å²) in [4.78, 5) is 23.7. The molecule has 3 rings (SSSR count). The first-order valence-electron chi connectivity index (χ1n) is 7.00. The number of hydrogen-bond acceptors (Lipinski definition) is 4. The lowest BCUT2D eigenvalue weighted by Crippen LogP contribution is -2.63. The maximum Gasteiger partial charge on any atom is 0.329 e. The van der Waals surface area contributed by atoms with Crippen LogP contribution in [0.15, 0.2) is 24.3 Å². The predicted molar refractivity (Wildman–Crippen MR) is 73.3 cm³/mol. The summed E-state index contributed by atoms with van der Waals surface area (Å²) in [5.41, 5.74) is -1.14. The van der Waals surface area contributed by atoms with Gasteiger partial charge in [0, 0.05) is 0 Å². The van der Waals surface area contributed by atoms with Crippen LogP contribution >= 0.6 is 0 Å². The topological polar surface area (TPSA) is 84.9 Å². The van der Waals surface area contributed by atoms with Crippen LogP contribution in [0.2, 0.25) is 0 Å². The van der Waals surface area contributed by atoms with E-state index in [0.717, 1.165) is 6.42 Å². The molecule has 2 N–H and O–H groups in total. The largest absolute Gasteiger partial charge is 0.482 e. The van der Waals surface area contributed by atoms with Gasteiger partial charge in [0.05, 0.1) is 0 Å². The van der Waals surface area contributed by atoms with E-state index in [1.54, 1.807) is 25.1 Å². The third-order valence-corrected chi connectivity index (χ3v) is 4.08. The number of aliphatic carboxylic acids is 1. The van der Waals surface area contributed by atoms with Gasteiger partial charge in [0.15, 0.2) is 11.5 Å². The highest BCUT2D eigenvalue weighted by atomic mass is 16.6. The highest BCUT2D eigenvalue weighted by molar-refractivity contribution is 5.90. The van der Waals surface area contributed by atoms with Gasteiger partial charge in [-0.1, -0.05) is 12.1 Å². The molecule has 112 valence electrons. The number of hydrogen-bond donors (Lipinski definition) is 2. The van der Waals surface area contributed by atoms with Crippen LogP contribution in [0.25, 0.3) is 0 Å². The van der Waals surface area contributed by atoms with Crippen molar-refractivity contribution >= 4 is 11.9 Å². The van der Waals surface area contributed by atoms with E-state index in [2.05, 4.69) is 5.32 Å². The third-order valence-electron chi connectivity index (χ3n) is 4.08. The van der Waals surface area contributed by atoms with Crippen molar-refractivity contribution in [2.75, 3.05) is 0 Å². The second-order valence-corrected chi connectivity index (χ2v) is 5.54. The molecule has 0 bridgehead atoms. The Morgan fingerprint density at radius 1 is 1.24 bits per heavy atom. The zero-order chi connectivity index (χ0) is 15.0. The van der Waals surface area contributed by atoms with Gasteiger partial charge in [0.1, 0.15) is 11.6 Å². The molecule has 0 radical (unpaired) electrons. The summed E-state index contributed by atoms with van der Waals surface area (Å²) in [5, 5.41) is 11.9. The van der Waals surface area contributed by atoms with E-state index < -0.39 is 29.6 Å². The molecule has 0 saturated heterocycles. The lowest BCUT2D eigenvalue weighted by atomic mass is 9.76. The van der Waals surface area contributed by atoms with Crippen molar-refractivity contribution in [3.05, 3.63) is 24.3 Å². The van der Waals surface area contributed by atoms with Gasteiger partial charge in [0.2, 0.25) is 6.10 Å². The maximum atomic E-state index is 12.4. The zero-order valence-corrected chi connectivity index (χ0v) is 11.7. The fourth-order valence-electron chi connectivity index (χ4n) is 2.64. The number of carbonyl (C=O) groups is 2. The highest BCUT2D eigenvalue weighted by Gasteiger charge is 2.48. The molecular formula is C15H17NO5. The molecule has 6 heteroatoms. The Kier molecular flexibility index (Phi) is 3.23. The van der Waals surface area contributed by atoms with Crippen molar-refractivity contribution in [3.63, 3.8) is 0 Å². The van der Waals surface area contributed by atoms with Gasteiger partial charge in [-0.05, 0) is 38.3 Å². The molecular weight excluding hydrogens is 274 g/mol. The van der Waals surface area contributed by atoms with Crippen molar-refractivity contribution in [2.45, 2.75) is 43.9 Å². The molecule has 1 aliphatic carbocycles. The van der Waals surface area contributed by atoms with Crippen LogP contribution in [0.5, 0.6) is 11.5 Å². The first kappa shape index (κ1) is 13.7. The molecule has 1 aliphatic heterocycles. The zero-order valence-electron chi connectivity index (χ0n) is 11.7. The molecule has 2 unspecified atom stereocenters. The summed E-state index contributed by atoms with van der Waals surface area (Å²) in [5.74, 6) is -0.356. The van der Waals surface area contributed by atoms with Gasteiger partial charge in [0.25, 0.3) is 5.91 Å². The Labute approximate surface area is 122 Å². The lowest BCUT2D eigenvalue weighted by Gasteiger charge is -2.40. The van der Waals surface area contributed by atoms with E-state index in [1.165, 1.54) is 0 Å². The van der Waals surface area contributed by atoms with Crippen molar-refractivity contribution in [3.8, 4) is 11.5 Å². The first-order chi connectivity index (χ1) is 10.0. The molecule has 1 heterocycles. The van der Waals surface area contributed by atoms with Crippen LogP contribution in [0.3, 0.4) is 0 Å². The molecule has 1 aromatic carbocycles. The van der Waals surface area contributed by atoms with Crippen LogP contribution in [0.4, 0.5) is 0 Å². The molecule has 2 atom stereocenters. The third kappa shape index (κ3) is 2.30. The summed E-state index contributed by atoms with van der Waals surface area (Å²) in [7, 11) is 0. The van der Waals surface area contributed by atoms with Crippen molar-refractivity contribution in [2.24, 2.45) is 0 Å². The second-order valence-electron chi connectivity index (χ2n) is 5.54. The summed E-state index contributed by atoms with van der Waals surface area (Å²) >= 11 is 0. The molecule has 1 fully saturated rings. The van der Waals surface area contributed by atoms with Crippen LogP contribution in [0, 0.1) is 0 Å². The van der Waals surface area contributed by atoms with E-state index >= 15 is 0 Å². The van der Waals surface area contributed by atoms with Crippen LogP contribution in [-0.2, 0) is 9.59 Å². The first-order valence-corrected chi connectivity index (χ1v) is 7.00. The Morgan fingerprint density at radius 2 is 1.86 bits per heavy atom. The molecule has 0 aromatic heterocycles. The summed E-state index contributed by atoms with van der Waals surface area (Å²) < 4.78 is 11.3. The van der Waals surface area contributed by atoms with Gasteiger partial charge >= 0.3 is 5.97 Å². The minimum atomic E-state index is -1.14. The number of carboxylic acid groups (broad SMARTS) is 1. The van der Waals surface area contributed by atoms with E-state index in [-0.39, 0.29) is 0 Å². The number of ether oxygens (including phenoxy) is 2. The number of fused-ring (bicyclic) bond motifs is 1. The van der Waals surface area contributed by atoms with Crippen LogP contribution in [0.1, 0.15) is 26.2 Å². The number of amides is 1. The monoisotopic (exact) mass is 291 g/mol. The fraction of sp³-hybridized carbons (Fsp3) is 0.467. The summed E-state index contributed by atoms with van der Waals surface area (Å²) in [6, 6.07) is 7.10. The number of rotatable bonds is 3. The number of carbonyl (C=O) groups excluding carboxylic acids is 1. The molecule has 21 heavy (non-hydrogen) atoms. The Bertz CT molecular complexity index is 581. The lowest BCUT2D eigenvalue weighted by molar-refractivity contribution is -0.154. The van der Waals surface area contributed by atoms with Gasteiger partial charge in [-0.3, -0.25) is 4.79 Å². The second kappa shape index (κ2) is 4.95. The molecule has 1 aromatic rings. The van der Waals surface area contributed by atoms with Gasteiger partial charge < -0.3 is 19.9 Å². The van der Waals surface area contributed by atoms with Gasteiger partial charge in [-0.15, -0.1) is 0 Å². The van der Waals surface area contributed by atoms with Gasteiger partial charge in [-0.2, -0.15) is 0 Å². The molecule has 6 nitrogen and oxygen atoms in total. The van der Waals surface area contributed by atoms with Crippen LogP contribution in [-0.4, -0.2) is 34.7 Å². The van der Waals surface area contributed by atoms with Crippen molar-refractivity contribution in [1.29, 1.82) is 0 Å². The van der Waals surface area contributed by atoms with E-state index in [4.69, 9.17) is 9.47 Å². The molecule has 1 amide bonds. The molecule has 2 aliphatic rings. The maximum absolute atomic E-state index is 12.4. The smallest absolute Gasteiger partial charge is 0.329 e. The quantitative estimate of drug-likeness (QED) is 0.878. The number of nitrogens with one attached hydrogen (secondary N) is 1. The predicted octanol–water partition coefficient (Wildman–Crippen LogP) is 1.34. The molecule has 0 spiro atoms. The highest BCUT2D eigenvalue weighted by Crippen LogP contribution is 2.35. The minimum absolute atomic E-state index is 0.445. The van der Waals surface area contributed by atoms with Crippen molar-refractivity contribution in [1.82, 2.24) is 5.32 Å². The Hall–Kier alpha value is -2.24. The standard InChI is InChI=1S/C15H17NO5/c1-9-12(21-11-6-3-2-5-10(11)20-9)13(17)16-15(14(18)19)7-4-8-15/h2-3,5-6,9,12H,4,7-8H2,1H3,(H,16,17)(H,18,19). The van der Waals surface area contributed by atoms with E-state index in [1.807, 2.05) is 6.07 Å². The van der Waals surface area contributed by atoms with E-state index in [9.17, 15) is 14.7 Å². The van der Waals surface area contributed by atoms with Crippen LogP contribution < -0.4 is 14.8 Å². The number of carboxylic acids is 1. The summed E-state index contributed by atoms with van der Waals surface area (Å²) in [6.07, 6.45) is 0.370. The molecule has 1 saturated carbocycles. The number of para-hydroxylation sites is 2. The average molecular weight is 291 g/mol. The van der Waals surface area contributed by atoms with Gasteiger partial charge in [-0.25, -0.2) is 4.79 Å². The fourth-order valence-corrected chi connectivity index (χ4v) is 2.64. The number of benzene rings is 1. The normalized spacial score (nSPS) is 25.6.